The third-order valence-corrected chi connectivity index (χ3v) is 7.12. The van der Waals surface area contributed by atoms with Gasteiger partial charge >= 0.3 is 0 Å². The number of imide groups is 1. The van der Waals surface area contributed by atoms with Crippen LogP contribution in [-0.4, -0.2) is 22.6 Å². The molecule has 7 nitrogen and oxygen atoms in total. The minimum absolute atomic E-state index is 0.0324. The highest BCUT2D eigenvalue weighted by Gasteiger charge is 2.39. The van der Waals surface area contributed by atoms with Gasteiger partial charge in [-0.2, -0.15) is 0 Å². The number of thioether (sulfide) groups is 1. The molecule has 0 saturated carbocycles. The number of hydrogen-bond acceptors (Lipinski definition) is 6. The lowest BCUT2D eigenvalue weighted by Crippen LogP contribution is -2.31. The molecule has 3 aromatic carbocycles. The van der Waals surface area contributed by atoms with Crippen LogP contribution in [0, 0.1) is 0 Å². The molecule has 0 fully saturated rings. The van der Waals surface area contributed by atoms with Crippen LogP contribution >= 0.6 is 27.7 Å². The number of hydrogen-bond donors (Lipinski definition) is 2. The Hall–Kier alpha value is -4.08. The molecule has 1 aliphatic rings. The van der Waals surface area contributed by atoms with Gasteiger partial charge in [0.05, 0.1) is 12.8 Å². The van der Waals surface area contributed by atoms with Crippen LogP contribution in [0.25, 0.3) is 0 Å². The summed E-state index contributed by atoms with van der Waals surface area (Å²) in [5, 5.41) is 5.98. The lowest BCUT2D eigenvalue weighted by Gasteiger charge is -2.13. The Morgan fingerprint density at radius 2 is 1.54 bits per heavy atom. The normalized spacial score (nSPS) is 13.3. The maximum Gasteiger partial charge on any atom is 0.278 e. The van der Waals surface area contributed by atoms with Crippen molar-refractivity contribution in [2.75, 3.05) is 10.6 Å². The van der Waals surface area contributed by atoms with Crippen LogP contribution in [0.4, 0.5) is 11.4 Å². The van der Waals surface area contributed by atoms with Crippen LogP contribution in [0.2, 0.25) is 0 Å². The largest absolute Gasteiger partial charge is 0.467 e. The summed E-state index contributed by atoms with van der Waals surface area (Å²) in [7, 11) is 0. The van der Waals surface area contributed by atoms with Crippen LogP contribution in [0.5, 0.6) is 0 Å². The van der Waals surface area contributed by atoms with Gasteiger partial charge in [0.15, 0.2) is 0 Å². The summed E-state index contributed by atoms with van der Waals surface area (Å²) >= 11 is 4.59. The fourth-order valence-corrected chi connectivity index (χ4v) is 4.87. The summed E-state index contributed by atoms with van der Waals surface area (Å²) in [6.07, 6.45) is 1.50. The van der Waals surface area contributed by atoms with Gasteiger partial charge in [0.1, 0.15) is 16.4 Å². The Kier molecular flexibility index (Phi) is 7.25. The molecule has 1 aromatic heterocycles. The summed E-state index contributed by atoms with van der Waals surface area (Å²) < 4.78 is 6.26. The van der Waals surface area contributed by atoms with Crippen molar-refractivity contribution in [1.29, 1.82) is 0 Å². The van der Waals surface area contributed by atoms with Gasteiger partial charge in [-0.3, -0.25) is 19.3 Å². The number of furan rings is 1. The number of benzene rings is 3. The molecule has 1 aliphatic heterocycles. The number of carbonyl (C=O) groups excluding carboxylic acids is 3. The quantitative estimate of drug-likeness (QED) is 0.241. The zero-order valence-electron chi connectivity index (χ0n) is 19.3. The summed E-state index contributed by atoms with van der Waals surface area (Å²) in [5.74, 6) is -0.546. The van der Waals surface area contributed by atoms with Crippen molar-refractivity contribution in [2.24, 2.45) is 0 Å². The van der Waals surface area contributed by atoms with E-state index in [1.807, 2.05) is 30.3 Å². The van der Waals surface area contributed by atoms with Crippen molar-refractivity contribution < 1.29 is 18.8 Å². The summed E-state index contributed by atoms with van der Waals surface area (Å²) in [6, 6.07) is 26.8. The standard InChI is InChI=1S/C28H20BrN3O4S/c29-19-8-10-20(11-9-19)30-24-25(28(35)32(27(24)34)17-22-7-4-16-36-22)37-23-14-12-21(13-15-23)31-26(33)18-5-2-1-3-6-18/h1-16,30H,17H2,(H,31,33). The molecule has 0 bridgehead atoms. The molecular formula is C28H20BrN3O4S. The van der Waals surface area contributed by atoms with E-state index in [1.54, 1.807) is 60.7 Å². The van der Waals surface area contributed by atoms with Crippen molar-refractivity contribution >= 4 is 56.8 Å². The number of nitrogens with zero attached hydrogens (tertiary/aromatic N) is 1. The Bertz CT molecular complexity index is 1470. The number of rotatable bonds is 8. The van der Waals surface area contributed by atoms with E-state index in [0.717, 1.165) is 14.3 Å². The molecule has 2 N–H and O–H groups in total. The Morgan fingerprint density at radius 1 is 0.838 bits per heavy atom. The zero-order valence-corrected chi connectivity index (χ0v) is 21.7. The molecule has 9 heteroatoms. The van der Waals surface area contributed by atoms with E-state index in [1.165, 1.54) is 18.0 Å². The van der Waals surface area contributed by atoms with E-state index in [4.69, 9.17) is 4.42 Å². The van der Waals surface area contributed by atoms with Crippen LogP contribution < -0.4 is 10.6 Å². The van der Waals surface area contributed by atoms with Crippen molar-refractivity contribution in [3.8, 4) is 0 Å². The Balaban J connectivity index is 1.37. The van der Waals surface area contributed by atoms with Gasteiger partial charge in [-0.15, -0.1) is 0 Å². The average Bonchev–Trinajstić information content (AvgIpc) is 3.51. The molecule has 37 heavy (non-hydrogen) atoms. The van der Waals surface area contributed by atoms with Gasteiger partial charge in [-0.1, -0.05) is 45.9 Å². The molecule has 184 valence electrons. The topological polar surface area (TPSA) is 91.7 Å². The second-order valence-electron chi connectivity index (χ2n) is 8.06. The molecule has 3 amide bonds. The minimum Gasteiger partial charge on any atom is -0.467 e. The number of nitrogens with one attached hydrogen (secondary N) is 2. The van der Waals surface area contributed by atoms with E-state index in [2.05, 4.69) is 26.6 Å². The molecule has 2 heterocycles. The van der Waals surface area contributed by atoms with E-state index in [9.17, 15) is 14.4 Å². The molecule has 0 spiro atoms. The molecular weight excluding hydrogens is 554 g/mol. The Morgan fingerprint density at radius 3 is 2.22 bits per heavy atom. The first-order chi connectivity index (χ1) is 18.0. The molecule has 5 rings (SSSR count). The predicted octanol–water partition coefficient (Wildman–Crippen LogP) is 6.28. The third-order valence-electron chi connectivity index (χ3n) is 5.50. The molecule has 4 aromatic rings. The first-order valence-corrected chi connectivity index (χ1v) is 12.9. The predicted molar refractivity (Wildman–Crippen MR) is 146 cm³/mol. The van der Waals surface area contributed by atoms with Gasteiger partial charge in [0.25, 0.3) is 17.7 Å². The lowest BCUT2D eigenvalue weighted by atomic mass is 10.2. The third kappa shape index (κ3) is 5.68. The lowest BCUT2D eigenvalue weighted by molar-refractivity contribution is -0.138. The SMILES string of the molecule is O=C(Nc1ccc(SC2=C(Nc3ccc(Br)cc3)C(=O)N(Cc3ccco3)C2=O)cc1)c1ccccc1. The summed E-state index contributed by atoms with van der Waals surface area (Å²) in [5.41, 5.74) is 2.05. The average molecular weight is 574 g/mol. The molecule has 0 saturated heterocycles. The first kappa shape index (κ1) is 24.6. The number of halogens is 1. The molecule has 0 unspecified atom stereocenters. The van der Waals surface area contributed by atoms with E-state index < -0.39 is 11.8 Å². The van der Waals surface area contributed by atoms with E-state index in [-0.39, 0.29) is 23.1 Å². The van der Waals surface area contributed by atoms with Gasteiger partial charge in [0.2, 0.25) is 0 Å². The van der Waals surface area contributed by atoms with Crippen molar-refractivity contribution in [2.45, 2.75) is 11.4 Å². The summed E-state index contributed by atoms with van der Waals surface area (Å²) in [4.78, 5) is 41.3. The van der Waals surface area contributed by atoms with Crippen LogP contribution in [0.3, 0.4) is 0 Å². The highest BCUT2D eigenvalue weighted by molar-refractivity contribution is 9.10. The highest BCUT2D eigenvalue weighted by atomic mass is 79.9. The summed E-state index contributed by atoms with van der Waals surface area (Å²) in [6.45, 7) is 0.0324. The smallest absolute Gasteiger partial charge is 0.278 e. The molecule has 0 atom stereocenters. The molecule has 0 radical (unpaired) electrons. The van der Waals surface area contributed by atoms with Gasteiger partial charge in [-0.25, -0.2) is 0 Å². The van der Waals surface area contributed by atoms with Crippen molar-refractivity contribution in [1.82, 2.24) is 4.90 Å². The highest BCUT2D eigenvalue weighted by Crippen LogP contribution is 2.37. The van der Waals surface area contributed by atoms with E-state index >= 15 is 0 Å². The van der Waals surface area contributed by atoms with Gasteiger partial charge in [-0.05, 0) is 72.8 Å². The monoisotopic (exact) mass is 573 g/mol. The van der Waals surface area contributed by atoms with Gasteiger partial charge < -0.3 is 15.1 Å². The second-order valence-corrected chi connectivity index (χ2v) is 10.1. The van der Waals surface area contributed by atoms with Crippen molar-refractivity contribution in [3.05, 3.63) is 124 Å². The number of anilines is 2. The maximum atomic E-state index is 13.4. The van der Waals surface area contributed by atoms with Gasteiger partial charge in [0, 0.05) is 26.3 Å². The van der Waals surface area contributed by atoms with Crippen LogP contribution in [-0.2, 0) is 16.1 Å². The fourth-order valence-electron chi connectivity index (χ4n) is 3.66. The second kappa shape index (κ2) is 10.9. The fraction of sp³-hybridized carbons (Fsp3) is 0.0357. The zero-order chi connectivity index (χ0) is 25.8. The first-order valence-electron chi connectivity index (χ1n) is 11.3. The van der Waals surface area contributed by atoms with Crippen molar-refractivity contribution in [3.63, 3.8) is 0 Å². The number of amides is 3. The van der Waals surface area contributed by atoms with Crippen LogP contribution in [0.1, 0.15) is 16.1 Å². The minimum atomic E-state index is -0.432. The van der Waals surface area contributed by atoms with Crippen LogP contribution in [0.15, 0.2) is 122 Å². The number of carbonyl (C=O) groups is 3. The maximum absolute atomic E-state index is 13.4. The molecule has 0 aliphatic carbocycles. The van der Waals surface area contributed by atoms with E-state index in [0.29, 0.717) is 22.7 Å². The Labute approximate surface area is 225 Å².